The van der Waals surface area contributed by atoms with Gasteiger partial charge in [0.2, 0.25) is 11.8 Å². The van der Waals surface area contributed by atoms with E-state index in [1.807, 2.05) is 6.92 Å². The summed E-state index contributed by atoms with van der Waals surface area (Å²) in [4.78, 5) is 25.6. The molecule has 0 aliphatic carbocycles. The average molecular weight is 361 g/mol. The summed E-state index contributed by atoms with van der Waals surface area (Å²) in [5.74, 6) is 0.438. The number of hydrogen-bond donors (Lipinski definition) is 1. The molecule has 25 heavy (non-hydrogen) atoms. The summed E-state index contributed by atoms with van der Waals surface area (Å²) in [5, 5.41) is 3.33. The van der Waals surface area contributed by atoms with Crippen LogP contribution < -0.4 is 15.0 Å². The summed E-state index contributed by atoms with van der Waals surface area (Å²) < 4.78 is 5.40. The molecule has 2 amide bonds. The van der Waals surface area contributed by atoms with E-state index in [2.05, 4.69) is 5.32 Å². The van der Waals surface area contributed by atoms with Crippen molar-refractivity contribution in [1.29, 1.82) is 0 Å². The Bertz CT molecular complexity index is 732. The van der Waals surface area contributed by atoms with Gasteiger partial charge in [0, 0.05) is 36.3 Å². The molecule has 0 atom stereocenters. The van der Waals surface area contributed by atoms with Crippen molar-refractivity contribution in [2.75, 3.05) is 23.4 Å². The quantitative estimate of drug-likeness (QED) is 0.808. The molecule has 0 spiro atoms. The number of anilines is 2. The first-order chi connectivity index (χ1) is 12.0. The minimum atomic E-state index is -0.181. The lowest BCUT2D eigenvalue weighted by Gasteiger charge is -2.21. The van der Waals surface area contributed by atoms with E-state index < -0.39 is 0 Å². The summed E-state index contributed by atoms with van der Waals surface area (Å²) in [6, 6.07) is 14.2. The molecule has 2 aromatic rings. The Labute approximate surface area is 152 Å². The number of rotatable bonds is 7. The molecular weight excluding hydrogens is 340 g/mol. The molecule has 0 heterocycles. The summed E-state index contributed by atoms with van der Waals surface area (Å²) in [5.41, 5.74) is 1.36. The highest BCUT2D eigenvalue weighted by Gasteiger charge is 2.14. The van der Waals surface area contributed by atoms with Crippen molar-refractivity contribution in [3.8, 4) is 5.75 Å². The van der Waals surface area contributed by atoms with Gasteiger partial charge >= 0.3 is 0 Å². The van der Waals surface area contributed by atoms with Crippen molar-refractivity contribution in [1.82, 2.24) is 0 Å². The van der Waals surface area contributed by atoms with E-state index in [1.54, 1.807) is 53.4 Å². The van der Waals surface area contributed by atoms with E-state index in [0.29, 0.717) is 17.3 Å². The molecule has 0 saturated heterocycles. The van der Waals surface area contributed by atoms with Gasteiger partial charge in [0.05, 0.1) is 6.61 Å². The Morgan fingerprint density at radius 3 is 2.48 bits per heavy atom. The number of carbonyl (C=O) groups is 2. The lowest BCUT2D eigenvalue weighted by molar-refractivity contribution is -0.117. The maximum absolute atomic E-state index is 12.1. The van der Waals surface area contributed by atoms with Crippen LogP contribution in [-0.4, -0.2) is 25.0 Å². The van der Waals surface area contributed by atoms with E-state index in [-0.39, 0.29) is 24.8 Å². The van der Waals surface area contributed by atoms with E-state index >= 15 is 0 Å². The van der Waals surface area contributed by atoms with E-state index in [9.17, 15) is 9.59 Å². The molecule has 0 unspecified atom stereocenters. The van der Waals surface area contributed by atoms with Crippen LogP contribution in [0, 0.1) is 0 Å². The standard InChI is InChI=1S/C19H21ClN2O3/c1-3-25-18-9-7-17(8-10-18)22(14(2)23)12-11-19(24)21-16-6-4-5-15(20)13-16/h4-10,13H,3,11-12H2,1-2H3,(H,21,24). The number of nitrogens with zero attached hydrogens (tertiary/aromatic N) is 1. The number of halogens is 1. The first kappa shape index (κ1) is 18.8. The lowest BCUT2D eigenvalue weighted by atomic mass is 10.2. The van der Waals surface area contributed by atoms with Crippen LogP contribution in [-0.2, 0) is 9.59 Å². The van der Waals surface area contributed by atoms with Gasteiger partial charge in [0.1, 0.15) is 5.75 Å². The second-order valence-corrected chi connectivity index (χ2v) is 5.84. The van der Waals surface area contributed by atoms with Crippen molar-refractivity contribution >= 4 is 34.8 Å². The van der Waals surface area contributed by atoms with Crippen LogP contribution in [0.2, 0.25) is 5.02 Å². The maximum atomic E-state index is 12.1. The summed E-state index contributed by atoms with van der Waals surface area (Å²) in [6.07, 6.45) is 0.180. The van der Waals surface area contributed by atoms with Gasteiger partial charge in [0.15, 0.2) is 0 Å². The molecule has 5 nitrogen and oxygen atoms in total. The van der Waals surface area contributed by atoms with Crippen LogP contribution in [0.3, 0.4) is 0 Å². The molecule has 0 saturated carbocycles. The first-order valence-electron chi connectivity index (χ1n) is 8.06. The number of amides is 2. The van der Waals surface area contributed by atoms with Crippen LogP contribution in [0.1, 0.15) is 20.3 Å². The molecule has 0 radical (unpaired) electrons. The summed E-state index contributed by atoms with van der Waals surface area (Å²) in [7, 11) is 0. The van der Waals surface area contributed by atoms with Gasteiger partial charge in [-0.25, -0.2) is 0 Å². The van der Waals surface area contributed by atoms with E-state index in [1.165, 1.54) is 6.92 Å². The molecule has 0 fully saturated rings. The molecule has 0 bridgehead atoms. The third-order valence-corrected chi connectivity index (χ3v) is 3.75. The Kier molecular flexibility index (Phi) is 6.83. The normalized spacial score (nSPS) is 10.2. The second kappa shape index (κ2) is 9.08. The van der Waals surface area contributed by atoms with Crippen LogP contribution in [0.15, 0.2) is 48.5 Å². The monoisotopic (exact) mass is 360 g/mol. The molecule has 2 aromatic carbocycles. The highest BCUT2D eigenvalue weighted by atomic mass is 35.5. The number of ether oxygens (including phenoxy) is 1. The second-order valence-electron chi connectivity index (χ2n) is 5.41. The number of benzene rings is 2. The fourth-order valence-corrected chi connectivity index (χ4v) is 2.55. The zero-order valence-corrected chi connectivity index (χ0v) is 15.0. The van der Waals surface area contributed by atoms with Crippen molar-refractivity contribution in [3.63, 3.8) is 0 Å². The smallest absolute Gasteiger partial charge is 0.226 e. The van der Waals surface area contributed by atoms with Crippen LogP contribution in [0.4, 0.5) is 11.4 Å². The van der Waals surface area contributed by atoms with Crippen molar-refractivity contribution in [2.45, 2.75) is 20.3 Å². The molecule has 6 heteroatoms. The predicted octanol–water partition coefficient (Wildman–Crippen LogP) is 4.12. The molecule has 0 aromatic heterocycles. The van der Waals surface area contributed by atoms with Crippen LogP contribution >= 0.6 is 11.6 Å². The molecule has 0 aliphatic rings. The largest absolute Gasteiger partial charge is 0.494 e. The van der Waals surface area contributed by atoms with Crippen LogP contribution in [0.5, 0.6) is 5.75 Å². The van der Waals surface area contributed by atoms with E-state index in [4.69, 9.17) is 16.3 Å². The average Bonchev–Trinajstić information content (AvgIpc) is 2.56. The topological polar surface area (TPSA) is 58.6 Å². The predicted molar refractivity (Wildman–Crippen MR) is 100 cm³/mol. The maximum Gasteiger partial charge on any atom is 0.226 e. The third-order valence-electron chi connectivity index (χ3n) is 3.51. The first-order valence-corrected chi connectivity index (χ1v) is 8.43. The third kappa shape index (κ3) is 5.80. The van der Waals surface area contributed by atoms with Gasteiger partial charge in [-0.15, -0.1) is 0 Å². The lowest BCUT2D eigenvalue weighted by Crippen LogP contribution is -2.31. The number of hydrogen-bond acceptors (Lipinski definition) is 3. The minimum Gasteiger partial charge on any atom is -0.494 e. The molecule has 132 valence electrons. The summed E-state index contributed by atoms with van der Waals surface area (Å²) >= 11 is 5.90. The highest BCUT2D eigenvalue weighted by Crippen LogP contribution is 2.20. The molecule has 1 N–H and O–H groups in total. The van der Waals surface area contributed by atoms with Crippen molar-refractivity contribution in [3.05, 3.63) is 53.6 Å². The number of carbonyl (C=O) groups excluding carboxylic acids is 2. The van der Waals surface area contributed by atoms with Crippen LogP contribution in [0.25, 0.3) is 0 Å². The Morgan fingerprint density at radius 2 is 1.88 bits per heavy atom. The minimum absolute atomic E-state index is 0.125. The zero-order valence-electron chi connectivity index (χ0n) is 14.3. The van der Waals surface area contributed by atoms with Crippen molar-refractivity contribution in [2.24, 2.45) is 0 Å². The van der Waals surface area contributed by atoms with Gasteiger partial charge in [-0.3, -0.25) is 9.59 Å². The fourth-order valence-electron chi connectivity index (χ4n) is 2.36. The van der Waals surface area contributed by atoms with Gasteiger partial charge in [-0.05, 0) is 49.4 Å². The Hall–Kier alpha value is -2.53. The highest BCUT2D eigenvalue weighted by molar-refractivity contribution is 6.30. The van der Waals surface area contributed by atoms with Gasteiger partial charge in [-0.2, -0.15) is 0 Å². The summed E-state index contributed by atoms with van der Waals surface area (Å²) in [6.45, 7) is 4.26. The zero-order chi connectivity index (χ0) is 18.2. The number of nitrogens with one attached hydrogen (secondary N) is 1. The van der Waals surface area contributed by atoms with Gasteiger partial charge in [0.25, 0.3) is 0 Å². The molecule has 2 rings (SSSR count). The fraction of sp³-hybridized carbons (Fsp3) is 0.263. The molecule has 0 aliphatic heterocycles. The van der Waals surface area contributed by atoms with Gasteiger partial charge in [-0.1, -0.05) is 17.7 Å². The Balaban J connectivity index is 1.97. The van der Waals surface area contributed by atoms with E-state index in [0.717, 1.165) is 11.4 Å². The SMILES string of the molecule is CCOc1ccc(N(CCC(=O)Nc2cccc(Cl)c2)C(C)=O)cc1. The Morgan fingerprint density at radius 1 is 1.16 bits per heavy atom. The van der Waals surface area contributed by atoms with Gasteiger partial charge < -0.3 is 15.0 Å². The molecular formula is C19H21ClN2O3. The van der Waals surface area contributed by atoms with Crippen molar-refractivity contribution < 1.29 is 14.3 Å².